The fraction of sp³-hybridized carbons (Fsp3) is 0.250. The predicted octanol–water partition coefficient (Wildman–Crippen LogP) is 5.61. The van der Waals surface area contributed by atoms with E-state index >= 15 is 0 Å². The van der Waals surface area contributed by atoms with E-state index in [1.54, 1.807) is 30.5 Å². The molecule has 0 saturated carbocycles. The summed E-state index contributed by atoms with van der Waals surface area (Å²) in [4.78, 5) is 12.3. The molecule has 1 N–H and O–H groups in total. The van der Waals surface area contributed by atoms with Gasteiger partial charge in [0.1, 0.15) is 5.75 Å². The van der Waals surface area contributed by atoms with Crippen LogP contribution in [0.4, 0.5) is 0 Å². The molecule has 0 radical (unpaired) electrons. The summed E-state index contributed by atoms with van der Waals surface area (Å²) in [6.45, 7) is 8.76. The molecule has 0 aliphatic carbocycles. The summed E-state index contributed by atoms with van der Waals surface area (Å²) in [5, 5.41) is 4.87. The molecule has 3 rings (SSSR count). The molecule has 3 aromatic rings. The Hall–Kier alpha value is -3.05. The second kappa shape index (κ2) is 9.63. The highest BCUT2D eigenvalue weighted by Gasteiger charge is 2.12. The normalized spacial score (nSPS) is 11.1. The third kappa shape index (κ3) is 4.74. The molecule has 0 fully saturated rings. The molecule has 5 nitrogen and oxygen atoms in total. The Bertz CT molecular complexity index is 1070. The smallest absolute Gasteiger partial charge is 0.271 e. The number of aromatic nitrogens is 1. The molecule has 0 bridgehead atoms. The van der Waals surface area contributed by atoms with Crippen molar-refractivity contribution >= 4 is 23.7 Å². The van der Waals surface area contributed by atoms with Gasteiger partial charge in [-0.2, -0.15) is 5.10 Å². The number of hydrogen-bond donors (Lipinski definition) is 1. The van der Waals surface area contributed by atoms with Crippen molar-refractivity contribution < 1.29 is 9.53 Å². The van der Waals surface area contributed by atoms with Crippen molar-refractivity contribution in [1.29, 1.82) is 0 Å². The Morgan fingerprint density at radius 2 is 1.90 bits per heavy atom. The van der Waals surface area contributed by atoms with Gasteiger partial charge >= 0.3 is 0 Å². The summed E-state index contributed by atoms with van der Waals surface area (Å²) < 4.78 is 7.67. The highest BCUT2D eigenvalue weighted by atomic mass is 35.5. The highest BCUT2D eigenvalue weighted by molar-refractivity contribution is 6.31. The Morgan fingerprint density at radius 3 is 2.60 bits per heavy atom. The van der Waals surface area contributed by atoms with Crippen LogP contribution in [-0.2, 0) is 0 Å². The van der Waals surface area contributed by atoms with Crippen molar-refractivity contribution in [2.45, 2.75) is 34.1 Å². The van der Waals surface area contributed by atoms with Crippen molar-refractivity contribution in [1.82, 2.24) is 9.99 Å². The molecule has 2 aromatic carbocycles. The van der Waals surface area contributed by atoms with E-state index in [0.717, 1.165) is 45.4 Å². The van der Waals surface area contributed by atoms with Gasteiger partial charge in [-0.15, -0.1) is 0 Å². The fourth-order valence-electron chi connectivity index (χ4n) is 3.27. The van der Waals surface area contributed by atoms with Gasteiger partial charge in [0.05, 0.1) is 12.8 Å². The molecule has 156 valence electrons. The largest absolute Gasteiger partial charge is 0.494 e. The predicted molar refractivity (Wildman–Crippen MR) is 122 cm³/mol. The van der Waals surface area contributed by atoms with Crippen LogP contribution in [-0.4, -0.2) is 23.3 Å². The first-order chi connectivity index (χ1) is 14.4. The Labute approximate surface area is 182 Å². The summed E-state index contributed by atoms with van der Waals surface area (Å²) in [5.41, 5.74) is 8.17. The number of halogens is 1. The maximum Gasteiger partial charge on any atom is 0.271 e. The first-order valence-electron chi connectivity index (χ1n) is 9.93. The summed E-state index contributed by atoms with van der Waals surface area (Å²) in [6, 6.07) is 14.9. The van der Waals surface area contributed by atoms with Gasteiger partial charge in [-0.25, -0.2) is 5.43 Å². The van der Waals surface area contributed by atoms with E-state index in [1.807, 2.05) is 52.0 Å². The quantitative estimate of drug-likeness (QED) is 0.396. The first-order valence-corrected chi connectivity index (χ1v) is 10.3. The average molecular weight is 424 g/mol. The summed E-state index contributed by atoms with van der Waals surface area (Å²) in [5.74, 6) is 0.480. The highest BCUT2D eigenvalue weighted by Crippen LogP contribution is 2.26. The lowest BCUT2D eigenvalue weighted by Crippen LogP contribution is -2.17. The minimum absolute atomic E-state index is 0.271. The molecule has 0 atom stereocenters. The number of carbonyl (C=O) groups excluding carboxylic acids is 1. The van der Waals surface area contributed by atoms with E-state index in [0.29, 0.717) is 12.2 Å². The number of hydrazone groups is 1. The number of ether oxygens (including phenoxy) is 1. The second-order valence-electron chi connectivity index (χ2n) is 7.12. The molecule has 0 aliphatic heterocycles. The molecular formula is C24H26ClN3O2. The lowest BCUT2D eigenvalue weighted by molar-refractivity contribution is 0.0955. The van der Waals surface area contributed by atoms with Crippen molar-refractivity contribution in [3.8, 4) is 11.4 Å². The van der Waals surface area contributed by atoms with Crippen molar-refractivity contribution in [3.63, 3.8) is 0 Å². The van der Waals surface area contributed by atoms with Crippen LogP contribution >= 0.6 is 11.6 Å². The number of hydrogen-bond acceptors (Lipinski definition) is 3. The van der Waals surface area contributed by atoms with Gasteiger partial charge in [0.25, 0.3) is 5.91 Å². The third-order valence-electron chi connectivity index (χ3n) is 4.91. The maximum atomic E-state index is 12.3. The summed E-state index contributed by atoms with van der Waals surface area (Å²) >= 11 is 6.29. The van der Waals surface area contributed by atoms with Crippen LogP contribution < -0.4 is 10.2 Å². The SMILES string of the molecule is CCCOc1ccc(C(=O)N/N=C/c2cc(C)n(-c3cccc(Cl)c3C)c2C)cc1. The molecule has 0 unspecified atom stereocenters. The zero-order chi connectivity index (χ0) is 21.7. The van der Waals surface area contributed by atoms with Crippen molar-refractivity contribution in [2.24, 2.45) is 5.10 Å². The van der Waals surface area contributed by atoms with Crippen molar-refractivity contribution in [3.05, 3.63) is 81.6 Å². The van der Waals surface area contributed by atoms with E-state index in [9.17, 15) is 4.79 Å². The van der Waals surface area contributed by atoms with Crippen LogP contribution in [0.5, 0.6) is 5.75 Å². The fourth-order valence-corrected chi connectivity index (χ4v) is 3.44. The van der Waals surface area contributed by atoms with Crippen LogP contribution in [0.3, 0.4) is 0 Å². The van der Waals surface area contributed by atoms with E-state index in [1.165, 1.54) is 0 Å². The van der Waals surface area contributed by atoms with Crippen LogP contribution in [0.1, 0.15) is 46.2 Å². The first kappa shape index (κ1) is 21.7. The lowest BCUT2D eigenvalue weighted by Gasteiger charge is -2.13. The van der Waals surface area contributed by atoms with Gasteiger partial charge in [0, 0.05) is 33.2 Å². The standard InChI is InChI=1S/C24H26ClN3O2/c1-5-13-30-21-11-9-19(10-12-21)24(29)27-26-15-20-14-16(2)28(18(20)4)23-8-6-7-22(25)17(23)3/h6-12,14-15H,5,13H2,1-4H3,(H,27,29)/b26-15+. The summed E-state index contributed by atoms with van der Waals surface area (Å²) in [7, 11) is 0. The molecule has 1 amide bonds. The number of rotatable bonds is 7. The van der Waals surface area contributed by atoms with Crippen LogP contribution in [0.25, 0.3) is 5.69 Å². The number of amides is 1. The Morgan fingerprint density at radius 1 is 1.17 bits per heavy atom. The Balaban J connectivity index is 1.72. The molecule has 6 heteroatoms. The molecule has 0 spiro atoms. The molecule has 30 heavy (non-hydrogen) atoms. The summed E-state index contributed by atoms with van der Waals surface area (Å²) in [6.07, 6.45) is 2.60. The van der Waals surface area contributed by atoms with Crippen LogP contribution in [0, 0.1) is 20.8 Å². The van der Waals surface area contributed by atoms with Gasteiger partial charge < -0.3 is 9.30 Å². The third-order valence-corrected chi connectivity index (χ3v) is 5.32. The molecule has 1 aromatic heterocycles. The van der Waals surface area contributed by atoms with E-state index in [4.69, 9.17) is 16.3 Å². The van der Waals surface area contributed by atoms with E-state index in [2.05, 4.69) is 15.1 Å². The maximum absolute atomic E-state index is 12.3. The van der Waals surface area contributed by atoms with Crippen molar-refractivity contribution in [2.75, 3.05) is 6.61 Å². The number of nitrogens with zero attached hydrogens (tertiary/aromatic N) is 2. The van der Waals surface area contributed by atoms with Crippen LogP contribution in [0.15, 0.2) is 53.6 Å². The number of benzene rings is 2. The minimum atomic E-state index is -0.271. The van der Waals surface area contributed by atoms with Gasteiger partial charge in [-0.1, -0.05) is 24.6 Å². The van der Waals surface area contributed by atoms with Crippen LogP contribution in [0.2, 0.25) is 5.02 Å². The molecular weight excluding hydrogens is 398 g/mol. The molecule has 0 aliphatic rings. The zero-order valence-electron chi connectivity index (χ0n) is 17.7. The second-order valence-corrected chi connectivity index (χ2v) is 7.53. The van der Waals surface area contributed by atoms with E-state index < -0.39 is 0 Å². The average Bonchev–Trinajstić information content (AvgIpc) is 3.02. The lowest BCUT2D eigenvalue weighted by atomic mass is 10.2. The Kier molecular flexibility index (Phi) is 6.95. The monoisotopic (exact) mass is 423 g/mol. The van der Waals surface area contributed by atoms with E-state index in [-0.39, 0.29) is 5.91 Å². The zero-order valence-corrected chi connectivity index (χ0v) is 18.5. The van der Waals surface area contributed by atoms with Gasteiger partial charge in [-0.05, 0) is 75.2 Å². The number of aryl methyl sites for hydroxylation is 1. The van der Waals surface area contributed by atoms with Gasteiger partial charge in [0.15, 0.2) is 0 Å². The molecule has 0 saturated heterocycles. The minimum Gasteiger partial charge on any atom is -0.494 e. The number of nitrogens with one attached hydrogen (secondary N) is 1. The van der Waals surface area contributed by atoms with Gasteiger partial charge in [-0.3, -0.25) is 4.79 Å². The molecule has 1 heterocycles. The topological polar surface area (TPSA) is 55.6 Å². The van der Waals surface area contributed by atoms with Gasteiger partial charge in [0.2, 0.25) is 0 Å². The number of carbonyl (C=O) groups is 1.